The third kappa shape index (κ3) is 3.03. The normalized spacial score (nSPS) is 30.3. The number of likely N-dealkylation sites (tertiary alicyclic amines) is 1. The van der Waals surface area contributed by atoms with Crippen LogP contribution in [0, 0.1) is 10.8 Å². The minimum atomic E-state index is 0.0174. The number of anilines is 1. The number of benzene rings is 1. The average Bonchev–Trinajstić information content (AvgIpc) is 2.61. The molecule has 0 unspecified atom stereocenters. The number of carbonyl (C=O) groups excluding carboxylic acids is 1. The van der Waals surface area contributed by atoms with Crippen LogP contribution in [0.3, 0.4) is 0 Å². The standard InChI is InChI=1S/C17H23ClN2O/c1-16(2)8-14-9-17(3,10-16)11-20(14)15(21)19-13-6-4-12(18)5-7-13/h4-7,14H,8-11H2,1-3H3,(H,19,21)/t14-,17+/m1/s1. The monoisotopic (exact) mass is 306 g/mol. The fourth-order valence-electron chi connectivity index (χ4n) is 4.43. The van der Waals surface area contributed by atoms with E-state index in [1.165, 1.54) is 6.42 Å². The highest BCUT2D eigenvalue weighted by Gasteiger charge is 2.50. The summed E-state index contributed by atoms with van der Waals surface area (Å²) in [5, 5.41) is 3.68. The maximum absolute atomic E-state index is 12.6. The van der Waals surface area contributed by atoms with Crippen LogP contribution in [-0.2, 0) is 0 Å². The van der Waals surface area contributed by atoms with Gasteiger partial charge >= 0.3 is 6.03 Å². The largest absolute Gasteiger partial charge is 0.322 e. The zero-order chi connectivity index (χ0) is 15.3. The van der Waals surface area contributed by atoms with Crippen molar-refractivity contribution in [2.45, 2.75) is 46.1 Å². The Kier molecular flexibility index (Phi) is 3.44. The van der Waals surface area contributed by atoms with Crippen molar-refractivity contribution >= 4 is 23.3 Å². The number of nitrogens with one attached hydrogen (secondary N) is 1. The van der Waals surface area contributed by atoms with E-state index < -0.39 is 0 Å². The number of hydrogen-bond acceptors (Lipinski definition) is 1. The van der Waals surface area contributed by atoms with Crippen LogP contribution in [0.25, 0.3) is 0 Å². The summed E-state index contributed by atoms with van der Waals surface area (Å²) in [7, 11) is 0. The third-order valence-electron chi connectivity index (χ3n) is 4.77. The van der Waals surface area contributed by atoms with Gasteiger partial charge in [0.05, 0.1) is 0 Å². The van der Waals surface area contributed by atoms with Gasteiger partial charge in [0.2, 0.25) is 0 Å². The molecule has 1 N–H and O–H groups in total. The van der Waals surface area contributed by atoms with Crippen molar-refractivity contribution < 1.29 is 4.79 Å². The molecule has 2 amide bonds. The molecule has 0 radical (unpaired) electrons. The summed E-state index contributed by atoms with van der Waals surface area (Å²) < 4.78 is 0. The Morgan fingerprint density at radius 2 is 1.90 bits per heavy atom. The highest BCUT2D eigenvalue weighted by atomic mass is 35.5. The van der Waals surface area contributed by atoms with E-state index in [-0.39, 0.29) is 11.4 Å². The lowest BCUT2D eigenvalue weighted by Gasteiger charge is -2.39. The number of amides is 2. The summed E-state index contributed by atoms with van der Waals surface area (Å²) in [6.45, 7) is 7.81. The van der Waals surface area contributed by atoms with Gasteiger partial charge in [0, 0.05) is 23.3 Å². The van der Waals surface area contributed by atoms with Crippen molar-refractivity contribution in [2.24, 2.45) is 10.8 Å². The Balaban J connectivity index is 1.73. The lowest BCUT2D eigenvalue weighted by atomic mass is 9.65. The van der Waals surface area contributed by atoms with Crippen LogP contribution in [0.1, 0.15) is 40.0 Å². The highest BCUT2D eigenvalue weighted by molar-refractivity contribution is 6.30. The first-order valence-corrected chi connectivity index (χ1v) is 7.97. The molecule has 2 fully saturated rings. The highest BCUT2D eigenvalue weighted by Crippen LogP contribution is 2.52. The molecule has 21 heavy (non-hydrogen) atoms. The number of fused-ring (bicyclic) bond motifs is 2. The molecule has 1 aliphatic heterocycles. The summed E-state index contributed by atoms with van der Waals surface area (Å²) in [5.74, 6) is 0. The van der Waals surface area contributed by atoms with Crippen LogP contribution >= 0.6 is 11.6 Å². The van der Waals surface area contributed by atoms with Gasteiger partial charge in [-0.05, 0) is 54.4 Å². The molecule has 1 aromatic rings. The molecule has 1 aromatic carbocycles. The zero-order valence-electron chi connectivity index (χ0n) is 12.9. The number of carbonyl (C=O) groups is 1. The van der Waals surface area contributed by atoms with Gasteiger partial charge in [-0.2, -0.15) is 0 Å². The minimum absolute atomic E-state index is 0.0174. The third-order valence-corrected chi connectivity index (χ3v) is 5.02. The Labute approximate surface area is 131 Å². The van der Waals surface area contributed by atoms with Gasteiger partial charge in [0.15, 0.2) is 0 Å². The van der Waals surface area contributed by atoms with Crippen LogP contribution in [0.15, 0.2) is 24.3 Å². The number of hydrogen-bond donors (Lipinski definition) is 1. The summed E-state index contributed by atoms with van der Waals surface area (Å²) in [6.07, 6.45) is 3.42. The van der Waals surface area contributed by atoms with Gasteiger partial charge in [-0.15, -0.1) is 0 Å². The fraction of sp³-hybridized carbons (Fsp3) is 0.588. The summed E-state index contributed by atoms with van der Waals surface area (Å²) in [5.41, 5.74) is 1.40. The van der Waals surface area contributed by atoms with Crippen molar-refractivity contribution in [3.63, 3.8) is 0 Å². The Bertz CT molecular complexity index is 554. The lowest BCUT2D eigenvalue weighted by Crippen LogP contribution is -2.40. The Morgan fingerprint density at radius 3 is 2.57 bits per heavy atom. The van der Waals surface area contributed by atoms with E-state index in [2.05, 4.69) is 26.1 Å². The molecule has 2 aliphatic rings. The molecule has 114 valence electrons. The van der Waals surface area contributed by atoms with Gasteiger partial charge < -0.3 is 10.2 Å². The van der Waals surface area contributed by atoms with Crippen molar-refractivity contribution in [1.29, 1.82) is 0 Å². The minimum Gasteiger partial charge on any atom is -0.321 e. The smallest absolute Gasteiger partial charge is 0.321 e. The molecule has 2 bridgehead atoms. The molecule has 3 rings (SSSR count). The van der Waals surface area contributed by atoms with E-state index >= 15 is 0 Å². The topological polar surface area (TPSA) is 32.3 Å². The molecule has 1 saturated carbocycles. The SMILES string of the molecule is CC1(C)C[C@@H]2C[C@](C)(CN2C(=O)Nc2ccc(Cl)cc2)C1. The first kappa shape index (κ1) is 14.7. The average molecular weight is 307 g/mol. The molecule has 1 saturated heterocycles. The second kappa shape index (κ2) is 4.91. The quantitative estimate of drug-likeness (QED) is 0.796. The first-order valence-electron chi connectivity index (χ1n) is 7.60. The predicted molar refractivity (Wildman–Crippen MR) is 86.7 cm³/mol. The molecule has 0 aromatic heterocycles. The maximum atomic E-state index is 12.6. The Morgan fingerprint density at radius 1 is 1.24 bits per heavy atom. The second-order valence-corrected chi connectivity index (χ2v) is 8.22. The van der Waals surface area contributed by atoms with Gasteiger partial charge in [-0.1, -0.05) is 32.4 Å². The first-order chi connectivity index (χ1) is 9.76. The molecule has 4 heteroatoms. The summed E-state index contributed by atoms with van der Waals surface area (Å²) >= 11 is 5.87. The van der Waals surface area contributed by atoms with Crippen molar-refractivity contribution in [3.05, 3.63) is 29.3 Å². The molecule has 1 aliphatic carbocycles. The predicted octanol–water partition coefficient (Wildman–Crippen LogP) is 4.77. The second-order valence-electron chi connectivity index (χ2n) is 7.78. The maximum Gasteiger partial charge on any atom is 0.322 e. The van der Waals surface area contributed by atoms with Gasteiger partial charge in [-0.25, -0.2) is 4.79 Å². The number of halogens is 1. The zero-order valence-corrected chi connectivity index (χ0v) is 13.7. The van der Waals surface area contributed by atoms with Crippen LogP contribution in [0.4, 0.5) is 10.5 Å². The summed E-state index contributed by atoms with van der Waals surface area (Å²) in [4.78, 5) is 14.6. The van der Waals surface area contributed by atoms with Gasteiger partial charge in [0.25, 0.3) is 0 Å². The molecular weight excluding hydrogens is 284 g/mol. The van der Waals surface area contributed by atoms with E-state index in [1.807, 2.05) is 17.0 Å². The van der Waals surface area contributed by atoms with Crippen LogP contribution in [0.2, 0.25) is 5.02 Å². The molecular formula is C17H23ClN2O. The van der Waals surface area contributed by atoms with E-state index in [4.69, 9.17) is 11.6 Å². The number of urea groups is 1. The van der Waals surface area contributed by atoms with E-state index in [0.717, 1.165) is 25.1 Å². The van der Waals surface area contributed by atoms with Crippen LogP contribution in [0.5, 0.6) is 0 Å². The number of nitrogens with zero attached hydrogens (tertiary/aromatic N) is 1. The lowest BCUT2D eigenvalue weighted by molar-refractivity contribution is 0.130. The number of rotatable bonds is 1. The van der Waals surface area contributed by atoms with E-state index in [0.29, 0.717) is 16.5 Å². The van der Waals surface area contributed by atoms with E-state index in [1.54, 1.807) is 12.1 Å². The van der Waals surface area contributed by atoms with Gasteiger partial charge in [0.1, 0.15) is 0 Å². The van der Waals surface area contributed by atoms with Crippen LogP contribution in [-0.4, -0.2) is 23.5 Å². The molecule has 0 spiro atoms. The van der Waals surface area contributed by atoms with Crippen LogP contribution < -0.4 is 5.32 Å². The van der Waals surface area contributed by atoms with E-state index in [9.17, 15) is 4.79 Å². The van der Waals surface area contributed by atoms with Crippen molar-refractivity contribution in [1.82, 2.24) is 4.90 Å². The molecule has 3 nitrogen and oxygen atoms in total. The molecule has 1 heterocycles. The van der Waals surface area contributed by atoms with Crippen molar-refractivity contribution in [2.75, 3.05) is 11.9 Å². The fourth-order valence-corrected chi connectivity index (χ4v) is 4.55. The summed E-state index contributed by atoms with van der Waals surface area (Å²) in [6, 6.07) is 7.66. The van der Waals surface area contributed by atoms with Crippen molar-refractivity contribution in [3.8, 4) is 0 Å². The Hall–Kier alpha value is -1.22. The molecule has 2 atom stereocenters. The van der Waals surface area contributed by atoms with Gasteiger partial charge in [-0.3, -0.25) is 0 Å².